The van der Waals surface area contributed by atoms with Crippen molar-refractivity contribution in [1.82, 2.24) is 15.1 Å². The number of amides is 1. The number of rotatable bonds is 5. The van der Waals surface area contributed by atoms with Gasteiger partial charge in [-0.2, -0.15) is 5.10 Å². The third-order valence-corrected chi connectivity index (χ3v) is 2.93. The van der Waals surface area contributed by atoms with Gasteiger partial charge in [-0.15, -0.1) is 0 Å². The molecule has 0 radical (unpaired) electrons. The van der Waals surface area contributed by atoms with Gasteiger partial charge in [0.05, 0.1) is 18.3 Å². The summed E-state index contributed by atoms with van der Waals surface area (Å²) in [4.78, 5) is 11.7. The number of hydrogen-bond donors (Lipinski definition) is 2. The molecule has 5 nitrogen and oxygen atoms in total. The molecule has 1 aromatic rings. The molecule has 0 bridgehead atoms. The minimum absolute atomic E-state index is 0.101. The normalized spacial score (nSPS) is 14.5. The number of aromatic nitrogens is 2. The van der Waals surface area contributed by atoms with Crippen molar-refractivity contribution in [3.05, 3.63) is 18.0 Å². The van der Waals surface area contributed by atoms with E-state index in [1.165, 1.54) is 0 Å². The van der Waals surface area contributed by atoms with E-state index in [9.17, 15) is 4.79 Å². The number of hydrogen-bond acceptors (Lipinski definition) is 3. The quantitative estimate of drug-likeness (QED) is 0.761. The molecule has 0 aliphatic carbocycles. The number of nitrogens with two attached hydrogens (primary N) is 1. The Labute approximate surface area is 96.0 Å². The Kier molecular flexibility index (Phi) is 4.49. The summed E-state index contributed by atoms with van der Waals surface area (Å²) in [5, 5.41) is 6.84. The third kappa shape index (κ3) is 3.06. The van der Waals surface area contributed by atoms with Gasteiger partial charge in [0.2, 0.25) is 5.91 Å². The van der Waals surface area contributed by atoms with Gasteiger partial charge < -0.3 is 11.1 Å². The van der Waals surface area contributed by atoms with Crippen LogP contribution in [-0.4, -0.2) is 21.7 Å². The van der Waals surface area contributed by atoms with E-state index in [4.69, 9.17) is 5.73 Å². The number of nitrogens with one attached hydrogen (secondary N) is 1. The number of carbonyl (C=O) groups is 1. The topological polar surface area (TPSA) is 72.9 Å². The lowest BCUT2D eigenvalue weighted by Gasteiger charge is -2.17. The Morgan fingerprint density at radius 1 is 1.69 bits per heavy atom. The molecule has 0 aliphatic heterocycles. The Morgan fingerprint density at radius 3 is 2.88 bits per heavy atom. The monoisotopic (exact) mass is 224 g/mol. The molecule has 5 heteroatoms. The highest BCUT2D eigenvalue weighted by molar-refractivity contribution is 5.81. The second-order valence-corrected chi connectivity index (χ2v) is 4.08. The molecule has 3 N–H and O–H groups in total. The molecule has 0 saturated heterocycles. The molecular formula is C11H20N4O. The van der Waals surface area contributed by atoms with Crippen molar-refractivity contribution in [3.8, 4) is 0 Å². The first-order valence-electron chi connectivity index (χ1n) is 5.56. The van der Waals surface area contributed by atoms with Crippen molar-refractivity contribution in [2.45, 2.75) is 32.9 Å². The van der Waals surface area contributed by atoms with Crippen LogP contribution in [0.5, 0.6) is 0 Å². The van der Waals surface area contributed by atoms with E-state index in [-0.39, 0.29) is 11.8 Å². The summed E-state index contributed by atoms with van der Waals surface area (Å²) in [7, 11) is 1.84. The van der Waals surface area contributed by atoms with Crippen LogP contribution >= 0.6 is 0 Å². The molecule has 1 amide bonds. The highest BCUT2D eigenvalue weighted by Crippen LogP contribution is 2.05. The molecule has 0 spiro atoms. The van der Waals surface area contributed by atoms with E-state index >= 15 is 0 Å². The zero-order chi connectivity index (χ0) is 12.1. The van der Waals surface area contributed by atoms with Crippen molar-refractivity contribution in [2.24, 2.45) is 18.7 Å². The van der Waals surface area contributed by atoms with Gasteiger partial charge >= 0.3 is 0 Å². The van der Waals surface area contributed by atoms with Crippen LogP contribution in [0.25, 0.3) is 0 Å². The van der Waals surface area contributed by atoms with Crippen molar-refractivity contribution in [2.75, 3.05) is 0 Å². The standard InChI is InChI=1S/C11H20N4O/c1-4-8(2)10(12)11(16)13-7-9-5-6-14-15(9)3/h5-6,8,10H,4,7,12H2,1-3H3,(H,13,16)/t8?,10-/m0/s1. The fraction of sp³-hybridized carbons (Fsp3) is 0.636. The summed E-state index contributed by atoms with van der Waals surface area (Å²) >= 11 is 0. The van der Waals surface area contributed by atoms with Crippen LogP contribution < -0.4 is 11.1 Å². The van der Waals surface area contributed by atoms with Crippen LogP contribution in [0, 0.1) is 5.92 Å². The zero-order valence-corrected chi connectivity index (χ0v) is 10.1. The molecule has 1 rings (SSSR count). The number of nitrogens with zero attached hydrogens (tertiary/aromatic N) is 2. The van der Waals surface area contributed by atoms with Gasteiger partial charge in [0.25, 0.3) is 0 Å². The molecule has 90 valence electrons. The molecule has 1 aromatic heterocycles. The van der Waals surface area contributed by atoms with Crippen LogP contribution in [-0.2, 0) is 18.4 Å². The summed E-state index contributed by atoms with van der Waals surface area (Å²) in [6.45, 7) is 4.48. The fourth-order valence-electron chi connectivity index (χ4n) is 1.38. The predicted molar refractivity (Wildman–Crippen MR) is 62.5 cm³/mol. The van der Waals surface area contributed by atoms with Crippen LogP contribution in [0.2, 0.25) is 0 Å². The summed E-state index contributed by atoms with van der Waals surface area (Å²) in [5.74, 6) is 0.0992. The minimum Gasteiger partial charge on any atom is -0.349 e. The molecule has 16 heavy (non-hydrogen) atoms. The van der Waals surface area contributed by atoms with Gasteiger partial charge in [0.15, 0.2) is 0 Å². The maximum absolute atomic E-state index is 11.7. The largest absolute Gasteiger partial charge is 0.349 e. The first kappa shape index (κ1) is 12.7. The second kappa shape index (κ2) is 5.65. The van der Waals surface area contributed by atoms with E-state index in [1.54, 1.807) is 10.9 Å². The van der Waals surface area contributed by atoms with Gasteiger partial charge in [-0.1, -0.05) is 20.3 Å². The van der Waals surface area contributed by atoms with E-state index < -0.39 is 6.04 Å². The Bertz CT molecular complexity index is 348. The van der Waals surface area contributed by atoms with Gasteiger partial charge in [-0.25, -0.2) is 0 Å². The van der Waals surface area contributed by atoms with Crippen LogP contribution in [0.1, 0.15) is 26.0 Å². The Balaban J connectivity index is 2.44. The Morgan fingerprint density at radius 2 is 2.38 bits per heavy atom. The van der Waals surface area contributed by atoms with Gasteiger partial charge in [0.1, 0.15) is 0 Å². The first-order valence-corrected chi connectivity index (χ1v) is 5.56. The maximum atomic E-state index is 11.7. The lowest BCUT2D eigenvalue weighted by molar-refractivity contribution is -0.123. The average Bonchev–Trinajstić information content (AvgIpc) is 2.69. The summed E-state index contributed by atoms with van der Waals surface area (Å²) in [6.07, 6.45) is 2.61. The molecule has 2 atom stereocenters. The summed E-state index contributed by atoms with van der Waals surface area (Å²) < 4.78 is 1.73. The molecule has 0 aromatic carbocycles. The number of aryl methyl sites for hydroxylation is 1. The van der Waals surface area contributed by atoms with Crippen molar-refractivity contribution >= 4 is 5.91 Å². The van der Waals surface area contributed by atoms with Crippen LogP contribution in [0.15, 0.2) is 12.3 Å². The summed E-state index contributed by atoms with van der Waals surface area (Å²) in [5.41, 5.74) is 6.78. The van der Waals surface area contributed by atoms with E-state index in [0.717, 1.165) is 12.1 Å². The van der Waals surface area contributed by atoms with Crippen LogP contribution in [0.4, 0.5) is 0 Å². The SMILES string of the molecule is CCC(C)[C@H](N)C(=O)NCc1ccnn1C. The summed E-state index contributed by atoms with van der Waals surface area (Å²) in [6, 6.07) is 1.44. The molecule has 0 fully saturated rings. The Hall–Kier alpha value is -1.36. The third-order valence-electron chi connectivity index (χ3n) is 2.93. The molecule has 0 aliphatic rings. The van der Waals surface area contributed by atoms with Crippen molar-refractivity contribution in [3.63, 3.8) is 0 Å². The fourth-order valence-corrected chi connectivity index (χ4v) is 1.38. The van der Waals surface area contributed by atoms with Crippen molar-refractivity contribution in [1.29, 1.82) is 0 Å². The van der Waals surface area contributed by atoms with E-state index in [2.05, 4.69) is 10.4 Å². The second-order valence-electron chi connectivity index (χ2n) is 4.08. The van der Waals surface area contributed by atoms with E-state index in [0.29, 0.717) is 6.54 Å². The molecular weight excluding hydrogens is 204 g/mol. The van der Waals surface area contributed by atoms with E-state index in [1.807, 2.05) is 27.0 Å². The average molecular weight is 224 g/mol. The lowest BCUT2D eigenvalue weighted by Crippen LogP contribution is -2.44. The minimum atomic E-state index is -0.432. The van der Waals surface area contributed by atoms with Gasteiger partial charge in [0, 0.05) is 13.2 Å². The van der Waals surface area contributed by atoms with Gasteiger partial charge in [-0.3, -0.25) is 9.48 Å². The van der Waals surface area contributed by atoms with Crippen LogP contribution in [0.3, 0.4) is 0 Å². The molecule has 0 saturated carbocycles. The first-order chi connectivity index (χ1) is 7.56. The highest BCUT2D eigenvalue weighted by atomic mass is 16.2. The zero-order valence-electron chi connectivity index (χ0n) is 10.1. The number of carbonyl (C=O) groups excluding carboxylic acids is 1. The molecule has 1 unspecified atom stereocenters. The smallest absolute Gasteiger partial charge is 0.237 e. The molecule has 1 heterocycles. The highest BCUT2D eigenvalue weighted by Gasteiger charge is 2.18. The van der Waals surface area contributed by atoms with Crippen molar-refractivity contribution < 1.29 is 4.79 Å². The lowest BCUT2D eigenvalue weighted by atomic mass is 9.99. The maximum Gasteiger partial charge on any atom is 0.237 e. The predicted octanol–water partition coefficient (Wildman–Crippen LogP) is 0.410. The van der Waals surface area contributed by atoms with Gasteiger partial charge in [-0.05, 0) is 12.0 Å².